The predicted molar refractivity (Wildman–Crippen MR) is 74.2 cm³/mol. The number of methoxy groups -OCH3 is 1. The second kappa shape index (κ2) is 6.84. The standard InChI is InChI=1S/C14H20N2O5/c1-8-5-9(11(20-2)6-15-8)14(19)16-10-3-4-21-12(7-17)13(10)18/h5-6,10,12-13,17-18H,3-4,7H2,1-2H3,(H,16,19)/t10-,12+,13-/m0/s1. The molecule has 7 nitrogen and oxygen atoms in total. The molecular formula is C14H20N2O5. The summed E-state index contributed by atoms with van der Waals surface area (Å²) in [6.45, 7) is 1.87. The van der Waals surface area contributed by atoms with Crippen LogP contribution in [0.25, 0.3) is 0 Å². The molecule has 1 aromatic rings. The molecule has 0 spiro atoms. The zero-order valence-electron chi connectivity index (χ0n) is 12.1. The maximum absolute atomic E-state index is 12.4. The van der Waals surface area contributed by atoms with E-state index >= 15 is 0 Å². The Hall–Kier alpha value is -1.70. The van der Waals surface area contributed by atoms with E-state index in [1.54, 1.807) is 13.0 Å². The molecule has 3 atom stereocenters. The Balaban J connectivity index is 2.12. The molecule has 3 N–H and O–H groups in total. The van der Waals surface area contributed by atoms with Gasteiger partial charge in [-0.05, 0) is 19.4 Å². The number of aliphatic hydroxyl groups is 2. The summed E-state index contributed by atoms with van der Waals surface area (Å²) in [5.74, 6) is 0.0262. The highest BCUT2D eigenvalue weighted by molar-refractivity contribution is 5.97. The SMILES string of the molecule is COc1cnc(C)cc1C(=O)N[C@H]1CCO[C@H](CO)[C@H]1O. The van der Waals surface area contributed by atoms with Gasteiger partial charge in [-0.25, -0.2) is 0 Å². The maximum atomic E-state index is 12.4. The van der Waals surface area contributed by atoms with E-state index in [2.05, 4.69) is 10.3 Å². The summed E-state index contributed by atoms with van der Waals surface area (Å²) >= 11 is 0. The third kappa shape index (κ3) is 3.49. The average molecular weight is 296 g/mol. The Labute approximate surface area is 122 Å². The molecule has 1 amide bonds. The van der Waals surface area contributed by atoms with Crippen molar-refractivity contribution in [1.29, 1.82) is 0 Å². The topological polar surface area (TPSA) is 101 Å². The molecule has 1 aliphatic heterocycles. The molecule has 0 unspecified atom stereocenters. The van der Waals surface area contributed by atoms with E-state index in [-0.39, 0.29) is 12.5 Å². The summed E-state index contributed by atoms with van der Waals surface area (Å²) in [7, 11) is 1.47. The summed E-state index contributed by atoms with van der Waals surface area (Å²) in [4.78, 5) is 16.4. The minimum Gasteiger partial charge on any atom is -0.494 e. The van der Waals surface area contributed by atoms with Crippen LogP contribution in [0.2, 0.25) is 0 Å². The molecule has 2 heterocycles. The second-order valence-electron chi connectivity index (χ2n) is 4.98. The minimum atomic E-state index is -0.943. The monoisotopic (exact) mass is 296 g/mol. The first-order valence-electron chi connectivity index (χ1n) is 6.78. The fourth-order valence-electron chi connectivity index (χ4n) is 2.33. The van der Waals surface area contributed by atoms with Gasteiger partial charge in [0.05, 0.1) is 31.5 Å². The fraction of sp³-hybridized carbons (Fsp3) is 0.571. The lowest BCUT2D eigenvalue weighted by molar-refractivity contribution is -0.107. The van der Waals surface area contributed by atoms with Crippen molar-refractivity contribution < 1.29 is 24.5 Å². The van der Waals surface area contributed by atoms with Crippen LogP contribution < -0.4 is 10.1 Å². The number of carbonyl (C=O) groups is 1. The number of aromatic nitrogens is 1. The number of aliphatic hydroxyl groups excluding tert-OH is 2. The fourth-order valence-corrected chi connectivity index (χ4v) is 2.33. The van der Waals surface area contributed by atoms with Crippen molar-refractivity contribution in [2.45, 2.75) is 31.6 Å². The highest BCUT2D eigenvalue weighted by Gasteiger charge is 2.33. The van der Waals surface area contributed by atoms with Crippen LogP contribution in [0.1, 0.15) is 22.5 Å². The Morgan fingerprint density at radius 1 is 1.62 bits per heavy atom. The molecule has 0 radical (unpaired) electrons. The maximum Gasteiger partial charge on any atom is 0.255 e. The normalized spacial score (nSPS) is 25.4. The Kier molecular flexibility index (Phi) is 5.11. The third-order valence-corrected chi connectivity index (χ3v) is 3.52. The van der Waals surface area contributed by atoms with E-state index in [0.717, 1.165) is 0 Å². The first-order valence-corrected chi connectivity index (χ1v) is 6.78. The van der Waals surface area contributed by atoms with Gasteiger partial charge in [0, 0.05) is 12.3 Å². The lowest BCUT2D eigenvalue weighted by Gasteiger charge is -2.34. The van der Waals surface area contributed by atoms with Crippen molar-refractivity contribution >= 4 is 5.91 Å². The highest BCUT2D eigenvalue weighted by atomic mass is 16.5. The van der Waals surface area contributed by atoms with E-state index in [4.69, 9.17) is 14.6 Å². The molecule has 0 bridgehead atoms. The predicted octanol–water partition coefficient (Wildman–Crippen LogP) is -0.361. The second-order valence-corrected chi connectivity index (χ2v) is 4.98. The molecule has 0 aromatic carbocycles. The van der Waals surface area contributed by atoms with E-state index < -0.39 is 18.2 Å². The van der Waals surface area contributed by atoms with Gasteiger partial charge < -0.3 is 25.0 Å². The van der Waals surface area contributed by atoms with Crippen LogP contribution in [0, 0.1) is 6.92 Å². The van der Waals surface area contributed by atoms with Crippen molar-refractivity contribution in [2.75, 3.05) is 20.3 Å². The number of aryl methyl sites for hydroxylation is 1. The lowest BCUT2D eigenvalue weighted by Crippen LogP contribution is -2.54. The number of pyridine rings is 1. The van der Waals surface area contributed by atoms with Crippen molar-refractivity contribution in [3.8, 4) is 5.75 Å². The van der Waals surface area contributed by atoms with Gasteiger partial charge in [0.25, 0.3) is 5.91 Å². The van der Waals surface area contributed by atoms with Crippen LogP contribution in [0.5, 0.6) is 5.75 Å². The minimum absolute atomic E-state index is 0.286. The number of carbonyl (C=O) groups excluding carboxylic acids is 1. The van der Waals surface area contributed by atoms with Gasteiger partial charge in [-0.15, -0.1) is 0 Å². The van der Waals surface area contributed by atoms with Crippen LogP contribution in [0.3, 0.4) is 0 Å². The summed E-state index contributed by atoms with van der Waals surface area (Å²) in [6, 6.07) is 1.16. The quantitative estimate of drug-likeness (QED) is 0.701. The summed E-state index contributed by atoms with van der Waals surface area (Å²) in [5.41, 5.74) is 1.06. The van der Waals surface area contributed by atoms with Crippen LogP contribution in [0.15, 0.2) is 12.3 Å². The number of amides is 1. The summed E-state index contributed by atoms with van der Waals surface area (Å²) in [5, 5.41) is 21.9. The molecule has 0 aliphatic carbocycles. The van der Waals surface area contributed by atoms with Gasteiger partial charge in [-0.1, -0.05) is 0 Å². The Morgan fingerprint density at radius 3 is 3.05 bits per heavy atom. The number of nitrogens with one attached hydrogen (secondary N) is 1. The van der Waals surface area contributed by atoms with E-state index in [0.29, 0.717) is 30.0 Å². The number of nitrogens with zero attached hydrogens (tertiary/aromatic N) is 1. The summed E-state index contributed by atoms with van der Waals surface area (Å²) < 4.78 is 10.4. The average Bonchev–Trinajstić information content (AvgIpc) is 2.49. The van der Waals surface area contributed by atoms with Crippen molar-refractivity contribution in [3.05, 3.63) is 23.5 Å². The molecule has 7 heteroatoms. The number of hydrogen-bond donors (Lipinski definition) is 3. The van der Waals surface area contributed by atoms with Crippen LogP contribution in [0.4, 0.5) is 0 Å². The van der Waals surface area contributed by atoms with Crippen molar-refractivity contribution in [2.24, 2.45) is 0 Å². The molecule has 0 saturated carbocycles. The number of hydrogen-bond acceptors (Lipinski definition) is 6. The Morgan fingerprint density at radius 2 is 2.38 bits per heavy atom. The highest BCUT2D eigenvalue weighted by Crippen LogP contribution is 2.20. The van der Waals surface area contributed by atoms with E-state index in [1.807, 2.05) is 0 Å². The molecule has 1 saturated heterocycles. The first kappa shape index (κ1) is 15.7. The molecule has 2 rings (SSSR count). The lowest BCUT2D eigenvalue weighted by atomic mass is 9.99. The zero-order valence-corrected chi connectivity index (χ0v) is 12.1. The largest absolute Gasteiger partial charge is 0.494 e. The number of rotatable bonds is 4. The molecule has 116 valence electrons. The summed E-state index contributed by atoms with van der Waals surface area (Å²) in [6.07, 6.45) is 0.350. The van der Waals surface area contributed by atoms with Gasteiger partial charge in [0.15, 0.2) is 0 Å². The van der Waals surface area contributed by atoms with Crippen LogP contribution in [-0.2, 0) is 4.74 Å². The number of ether oxygens (including phenoxy) is 2. The van der Waals surface area contributed by atoms with Gasteiger partial charge in [0.2, 0.25) is 0 Å². The van der Waals surface area contributed by atoms with Crippen LogP contribution >= 0.6 is 0 Å². The molecule has 1 aromatic heterocycles. The van der Waals surface area contributed by atoms with Crippen molar-refractivity contribution in [1.82, 2.24) is 10.3 Å². The van der Waals surface area contributed by atoms with Gasteiger partial charge >= 0.3 is 0 Å². The van der Waals surface area contributed by atoms with Gasteiger partial charge in [-0.2, -0.15) is 0 Å². The Bertz CT molecular complexity index is 508. The van der Waals surface area contributed by atoms with Gasteiger partial charge in [0.1, 0.15) is 18.0 Å². The molecule has 1 aliphatic rings. The van der Waals surface area contributed by atoms with Crippen molar-refractivity contribution in [3.63, 3.8) is 0 Å². The van der Waals surface area contributed by atoms with Gasteiger partial charge in [-0.3, -0.25) is 9.78 Å². The first-order chi connectivity index (χ1) is 10.1. The van der Waals surface area contributed by atoms with Crippen LogP contribution in [-0.4, -0.2) is 59.7 Å². The third-order valence-electron chi connectivity index (χ3n) is 3.52. The smallest absolute Gasteiger partial charge is 0.255 e. The molecule has 21 heavy (non-hydrogen) atoms. The molecular weight excluding hydrogens is 276 g/mol. The van der Waals surface area contributed by atoms with E-state index in [1.165, 1.54) is 13.3 Å². The zero-order chi connectivity index (χ0) is 15.4. The molecule has 1 fully saturated rings. The van der Waals surface area contributed by atoms with E-state index in [9.17, 15) is 9.90 Å².